The van der Waals surface area contributed by atoms with Crippen LogP contribution < -0.4 is 0 Å². The smallest absolute Gasteiger partial charge is 0.110 e. The monoisotopic (exact) mass is 644 g/mol. The molecule has 3 fully saturated rings. The molecule has 8 nitrogen and oxygen atoms in total. The van der Waals surface area contributed by atoms with E-state index in [2.05, 4.69) is 28.2 Å². The lowest BCUT2D eigenvalue weighted by Gasteiger charge is -2.24. The number of ether oxygens (including phenoxy) is 2. The molecule has 0 amide bonds. The first-order valence-electron chi connectivity index (χ1n) is 18.8. The predicted molar refractivity (Wildman–Crippen MR) is 190 cm³/mol. The van der Waals surface area contributed by atoms with Gasteiger partial charge in [0.25, 0.3) is 0 Å². The average molecular weight is 645 g/mol. The molecule has 2 saturated carbocycles. The molecular weight excluding hydrogens is 596 g/mol. The first kappa shape index (κ1) is 30.4. The molecule has 4 aromatic rings. The fourth-order valence-electron chi connectivity index (χ4n) is 9.15. The molecule has 2 aliphatic heterocycles. The average Bonchev–Trinajstić information content (AvgIpc) is 3.97. The summed E-state index contributed by atoms with van der Waals surface area (Å²) in [5.41, 5.74) is 13.7. The second-order valence-electron chi connectivity index (χ2n) is 14.7. The molecule has 0 spiro atoms. The van der Waals surface area contributed by atoms with E-state index in [4.69, 9.17) is 29.4 Å². The predicted octanol–water partition coefficient (Wildman–Crippen LogP) is 8.66. The zero-order chi connectivity index (χ0) is 31.9. The molecule has 4 aromatic heterocycles. The van der Waals surface area contributed by atoms with Gasteiger partial charge in [-0.15, -0.1) is 0 Å². The van der Waals surface area contributed by atoms with E-state index in [0.717, 1.165) is 80.6 Å². The Bertz CT molecular complexity index is 1900. The van der Waals surface area contributed by atoms with Gasteiger partial charge in [0.15, 0.2) is 0 Å². The van der Waals surface area contributed by atoms with Crippen LogP contribution in [0.2, 0.25) is 0 Å². The zero-order valence-corrected chi connectivity index (χ0v) is 28.2. The minimum Gasteiger partial charge on any atom is -0.381 e. The van der Waals surface area contributed by atoms with Crippen molar-refractivity contribution in [3.63, 3.8) is 0 Å². The number of imidazole rings is 2. The fraction of sp³-hybridized carbons (Fsp3) is 0.550. The molecule has 2 N–H and O–H groups in total. The normalized spacial score (nSPS) is 22.2. The Labute approximate surface area is 282 Å². The van der Waals surface area contributed by atoms with Crippen LogP contribution in [0.15, 0.2) is 36.2 Å². The summed E-state index contributed by atoms with van der Waals surface area (Å²) in [6, 6.07) is 0. The lowest BCUT2D eigenvalue weighted by atomic mass is 9.88. The van der Waals surface area contributed by atoms with Crippen molar-refractivity contribution < 1.29 is 9.47 Å². The van der Waals surface area contributed by atoms with Crippen LogP contribution in [-0.4, -0.2) is 56.3 Å². The molecule has 0 radical (unpaired) electrons. The molecule has 48 heavy (non-hydrogen) atoms. The number of nitrogens with one attached hydrogen (secondary N) is 2. The first-order valence-corrected chi connectivity index (χ1v) is 18.8. The summed E-state index contributed by atoms with van der Waals surface area (Å²) in [5.74, 6) is 4.18. The summed E-state index contributed by atoms with van der Waals surface area (Å²) >= 11 is 0. The van der Waals surface area contributed by atoms with Gasteiger partial charge in [0.2, 0.25) is 0 Å². The molecule has 6 aliphatic rings. The molecule has 0 unspecified atom stereocenters. The molecule has 4 aliphatic carbocycles. The van der Waals surface area contributed by atoms with Gasteiger partial charge in [-0.2, -0.15) is 0 Å². The quantitative estimate of drug-likeness (QED) is 0.231. The third-order valence-corrected chi connectivity index (χ3v) is 11.8. The Morgan fingerprint density at radius 3 is 1.81 bits per heavy atom. The van der Waals surface area contributed by atoms with Crippen molar-refractivity contribution in [3.8, 4) is 0 Å². The van der Waals surface area contributed by atoms with Crippen LogP contribution in [0, 0.1) is 5.92 Å². The van der Waals surface area contributed by atoms with Crippen molar-refractivity contribution in [1.82, 2.24) is 29.9 Å². The van der Waals surface area contributed by atoms with Crippen LogP contribution in [0.25, 0.3) is 33.2 Å². The van der Waals surface area contributed by atoms with Crippen molar-refractivity contribution in [2.45, 2.75) is 108 Å². The van der Waals surface area contributed by atoms with Crippen molar-refractivity contribution >= 4 is 33.2 Å². The molecule has 8 heteroatoms. The van der Waals surface area contributed by atoms with Gasteiger partial charge in [0, 0.05) is 49.0 Å². The summed E-state index contributed by atoms with van der Waals surface area (Å²) < 4.78 is 11.0. The van der Waals surface area contributed by atoms with Gasteiger partial charge >= 0.3 is 0 Å². The van der Waals surface area contributed by atoms with Gasteiger partial charge in [-0.05, 0) is 67.6 Å². The Hall–Kier alpha value is -3.62. The summed E-state index contributed by atoms with van der Waals surface area (Å²) in [6.07, 6.45) is 29.2. The van der Waals surface area contributed by atoms with Gasteiger partial charge in [0.05, 0.1) is 59.1 Å². The van der Waals surface area contributed by atoms with Crippen molar-refractivity contribution in [2.24, 2.45) is 5.92 Å². The number of hydrogen-bond acceptors (Lipinski definition) is 6. The van der Waals surface area contributed by atoms with Gasteiger partial charge < -0.3 is 19.4 Å². The SMILES string of the molecule is C1=C(C2=CCc3ncc4[nH]c(C5CCCCC5)nc4c32)CCOC1.C1=C(C2CCOCC2)c2c(ncc3[nH]c(C4CCCCC4)nc23)C1. The van der Waals surface area contributed by atoms with E-state index in [1.54, 1.807) is 0 Å². The van der Waals surface area contributed by atoms with E-state index < -0.39 is 0 Å². The minimum absolute atomic E-state index is 0.595. The van der Waals surface area contributed by atoms with E-state index in [1.807, 2.05) is 12.4 Å². The highest BCUT2D eigenvalue weighted by Gasteiger charge is 2.30. The summed E-state index contributed by atoms with van der Waals surface area (Å²) in [4.78, 5) is 26.8. The van der Waals surface area contributed by atoms with Crippen LogP contribution >= 0.6 is 0 Å². The van der Waals surface area contributed by atoms with Crippen LogP contribution in [0.1, 0.15) is 129 Å². The lowest BCUT2D eigenvalue weighted by molar-refractivity contribution is 0.0808. The minimum atomic E-state index is 0.595. The molecule has 0 atom stereocenters. The molecular formula is C40H48N6O2. The highest BCUT2D eigenvalue weighted by Crippen LogP contribution is 2.42. The molecule has 250 valence electrons. The van der Waals surface area contributed by atoms with E-state index in [-0.39, 0.29) is 0 Å². The van der Waals surface area contributed by atoms with Gasteiger partial charge in [0.1, 0.15) is 11.6 Å². The Morgan fingerprint density at radius 2 is 1.19 bits per heavy atom. The highest BCUT2D eigenvalue weighted by atomic mass is 16.5. The maximum absolute atomic E-state index is 5.55. The summed E-state index contributed by atoms with van der Waals surface area (Å²) in [5, 5.41) is 0. The molecule has 1 saturated heterocycles. The van der Waals surface area contributed by atoms with Gasteiger partial charge in [-0.25, -0.2) is 9.97 Å². The van der Waals surface area contributed by atoms with E-state index in [9.17, 15) is 0 Å². The van der Waals surface area contributed by atoms with Gasteiger partial charge in [-0.1, -0.05) is 56.8 Å². The number of fused-ring (bicyclic) bond motifs is 6. The van der Waals surface area contributed by atoms with Crippen LogP contribution in [0.5, 0.6) is 0 Å². The number of aromatic amines is 2. The number of allylic oxidation sites excluding steroid dienone is 4. The molecule has 10 rings (SSSR count). The Balaban J connectivity index is 0.000000131. The number of H-pyrrole nitrogens is 2. The van der Waals surface area contributed by atoms with Crippen LogP contribution in [0.3, 0.4) is 0 Å². The van der Waals surface area contributed by atoms with Crippen molar-refractivity contribution in [1.29, 1.82) is 0 Å². The number of nitrogens with zero attached hydrogens (tertiary/aromatic N) is 4. The third kappa shape index (κ3) is 5.75. The summed E-state index contributed by atoms with van der Waals surface area (Å²) in [6.45, 7) is 3.30. The standard InChI is InChI=1S/C20H25N3O.C20H23N3O/c2*1-2-4-14(5-3-1)20-22-17-12-21-16-7-6-15(18(16)19(17)23-20)13-8-10-24-11-9-13/h6,12-14H,1-5,7-11H2,(H,22,23);6,8,12,14H,1-5,7,9-11H2,(H,22,23). The number of rotatable bonds is 4. The highest BCUT2D eigenvalue weighted by molar-refractivity contribution is 5.97. The van der Waals surface area contributed by atoms with E-state index >= 15 is 0 Å². The molecule has 6 heterocycles. The topological polar surface area (TPSA) is 102 Å². The van der Waals surface area contributed by atoms with E-state index in [0.29, 0.717) is 17.8 Å². The summed E-state index contributed by atoms with van der Waals surface area (Å²) in [7, 11) is 0. The third-order valence-electron chi connectivity index (χ3n) is 11.8. The Morgan fingerprint density at radius 1 is 0.583 bits per heavy atom. The Kier molecular flexibility index (Phi) is 8.47. The fourth-order valence-corrected chi connectivity index (χ4v) is 9.15. The second kappa shape index (κ2) is 13.4. The lowest BCUT2D eigenvalue weighted by Crippen LogP contribution is -2.16. The van der Waals surface area contributed by atoms with Crippen LogP contribution in [-0.2, 0) is 22.3 Å². The van der Waals surface area contributed by atoms with Crippen LogP contribution in [0.4, 0.5) is 0 Å². The molecule has 0 bridgehead atoms. The number of hydrogen-bond donors (Lipinski definition) is 2. The van der Waals surface area contributed by atoms with Gasteiger partial charge in [-0.3, -0.25) is 9.97 Å². The zero-order valence-electron chi connectivity index (χ0n) is 28.2. The molecule has 0 aromatic carbocycles. The first-order chi connectivity index (χ1) is 23.8. The number of pyridine rings is 2. The van der Waals surface area contributed by atoms with Crippen molar-refractivity contribution in [2.75, 3.05) is 26.4 Å². The maximum atomic E-state index is 5.55. The maximum Gasteiger partial charge on any atom is 0.110 e. The largest absolute Gasteiger partial charge is 0.381 e. The van der Waals surface area contributed by atoms with Crippen molar-refractivity contribution in [3.05, 3.63) is 70.4 Å². The second-order valence-corrected chi connectivity index (χ2v) is 14.7. The number of aromatic nitrogens is 6. The van der Waals surface area contributed by atoms with E-state index in [1.165, 1.54) is 115 Å².